The maximum absolute atomic E-state index is 12.5. The van der Waals surface area contributed by atoms with Crippen molar-refractivity contribution in [3.05, 3.63) is 80.8 Å². The van der Waals surface area contributed by atoms with Crippen molar-refractivity contribution in [1.29, 1.82) is 0 Å². The third kappa shape index (κ3) is 5.07. The van der Waals surface area contributed by atoms with Gasteiger partial charge in [-0.05, 0) is 43.2 Å². The zero-order valence-corrected chi connectivity index (χ0v) is 15.9. The largest absolute Gasteiger partial charge is 0.486 e. The maximum atomic E-state index is 12.5. The number of amides is 1. The number of halogens is 1. The van der Waals surface area contributed by atoms with Crippen LogP contribution >= 0.6 is 22.9 Å². The number of nitrogens with zero attached hydrogens (tertiary/aromatic N) is 1. The van der Waals surface area contributed by atoms with Crippen LogP contribution in [0.1, 0.15) is 26.6 Å². The lowest BCUT2D eigenvalue weighted by Gasteiger charge is -2.11. The first-order valence-electron chi connectivity index (χ1n) is 8.27. The summed E-state index contributed by atoms with van der Waals surface area (Å²) < 4.78 is 5.80. The Morgan fingerprint density at radius 3 is 2.69 bits per heavy atom. The molecule has 0 aliphatic rings. The number of rotatable bonds is 7. The number of hydrogen-bond acceptors (Lipinski definition) is 4. The Balaban J connectivity index is 1.57. The summed E-state index contributed by atoms with van der Waals surface area (Å²) in [5.74, 6) is 0.408. The van der Waals surface area contributed by atoms with Crippen molar-refractivity contribution in [3.8, 4) is 5.75 Å². The highest BCUT2D eigenvalue weighted by Gasteiger charge is 2.12. The van der Waals surface area contributed by atoms with Crippen molar-refractivity contribution in [2.45, 2.75) is 20.0 Å². The molecule has 4 nitrogen and oxygen atoms in total. The van der Waals surface area contributed by atoms with Gasteiger partial charge in [0.1, 0.15) is 12.4 Å². The molecule has 3 rings (SSSR count). The van der Waals surface area contributed by atoms with Gasteiger partial charge < -0.3 is 10.1 Å². The first-order valence-corrected chi connectivity index (χ1v) is 9.53. The lowest BCUT2D eigenvalue weighted by atomic mass is 10.1. The molecule has 0 radical (unpaired) electrons. The van der Waals surface area contributed by atoms with Crippen LogP contribution < -0.4 is 10.1 Å². The van der Waals surface area contributed by atoms with Crippen molar-refractivity contribution in [2.24, 2.45) is 0 Å². The molecule has 1 N–H and O–H groups in total. The summed E-state index contributed by atoms with van der Waals surface area (Å²) in [4.78, 5) is 16.9. The third-order valence-corrected chi connectivity index (χ3v) is 4.86. The topological polar surface area (TPSA) is 51.2 Å². The molecule has 0 aliphatic heterocycles. The van der Waals surface area contributed by atoms with Gasteiger partial charge >= 0.3 is 0 Å². The highest BCUT2D eigenvalue weighted by molar-refractivity contribution is 7.09. The lowest BCUT2D eigenvalue weighted by Crippen LogP contribution is -2.26. The Morgan fingerprint density at radius 1 is 1.19 bits per heavy atom. The molecule has 1 amide bonds. The fourth-order valence-electron chi connectivity index (χ4n) is 2.47. The number of ether oxygens (including phenoxy) is 1. The summed E-state index contributed by atoms with van der Waals surface area (Å²) in [5, 5.41) is 6.61. The number of aryl methyl sites for hydroxylation is 1. The molecule has 0 aliphatic carbocycles. The van der Waals surface area contributed by atoms with Crippen molar-refractivity contribution in [1.82, 2.24) is 10.3 Å². The Labute approximate surface area is 161 Å². The fourth-order valence-corrected chi connectivity index (χ4v) is 3.20. The smallest absolute Gasteiger partial charge is 0.255 e. The average molecular weight is 387 g/mol. The zero-order valence-electron chi connectivity index (χ0n) is 14.4. The number of benzene rings is 2. The minimum Gasteiger partial charge on any atom is -0.486 e. The minimum atomic E-state index is -0.149. The van der Waals surface area contributed by atoms with E-state index in [1.165, 1.54) is 0 Å². The highest BCUT2D eigenvalue weighted by atomic mass is 35.5. The zero-order chi connectivity index (χ0) is 18.4. The Morgan fingerprint density at radius 2 is 1.96 bits per heavy atom. The van der Waals surface area contributed by atoms with E-state index in [0.29, 0.717) is 29.5 Å². The van der Waals surface area contributed by atoms with E-state index in [0.717, 1.165) is 22.7 Å². The quantitative estimate of drug-likeness (QED) is 0.642. The average Bonchev–Trinajstić information content (AvgIpc) is 3.07. The van der Waals surface area contributed by atoms with E-state index in [1.54, 1.807) is 23.5 Å². The van der Waals surface area contributed by atoms with Crippen molar-refractivity contribution in [3.63, 3.8) is 0 Å². The van der Waals surface area contributed by atoms with Gasteiger partial charge in [0.25, 0.3) is 5.91 Å². The number of nitrogens with one attached hydrogen (secondary N) is 1. The second-order valence-corrected chi connectivity index (χ2v) is 7.27. The van der Waals surface area contributed by atoms with Gasteiger partial charge in [-0.1, -0.05) is 35.9 Å². The molecule has 6 heteroatoms. The summed E-state index contributed by atoms with van der Waals surface area (Å²) in [5.41, 5.74) is 2.51. The standard InChI is InChI=1S/C20H19ClN2O2S/c1-14-23-17(13-26-14)12-25-19-5-3-2-4-18(19)20(24)22-11-10-15-6-8-16(21)9-7-15/h2-9,13H,10-12H2,1H3,(H,22,24). The summed E-state index contributed by atoms with van der Waals surface area (Å²) in [6, 6.07) is 14.9. The number of thiazole rings is 1. The van der Waals surface area contributed by atoms with Crippen LogP contribution in [0.15, 0.2) is 53.9 Å². The van der Waals surface area contributed by atoms with Crippen LogP contribution in [-0.4, -0.2) is 17.4 Å². The van der Waals surface area contributed by atoms with Crippen molar-refractivity contribution >= 4 is 28.8 Å². The van der Waals surface area contributed by atoms with Crippen LogP contribution in [0.4, 0.5) is 0 Å². The predicted octanol–water partition coefficient (Wildman–Crippen LogP) is 4.66. The molecule has 1 heterocycles. The molecule has 0 unspecified atom stereocenters. The van der Waals surface area contributed by atoms with Gasteiger partial charge in [-0.15, -0.1) is 11.3 Å². The van der Waals surface area contributed by atoms with Gasteiger partial charge in [0.05, 0.1) is 16.3 Å². The molecule has 0 saturated heterocycles. The molecule has 26 heavy (non-hydrogen) atoms. The SMILES string of the molecule is Cc1nc(COc2ccccc2C(=O)NCCc2ccc(Cl)cc2)cs1. The summed E-state index contributed by atoms with van der Waals surface area (Å²) in [6.45, 7) is 2.84. The van der Waals surface area contributed by atoms with E-state index in [4.69, 9.17) is 16.3 Å². The fraction of sp³-hybridized carbons (Fsp3) is 0.200. The van der Waals surface area contributed by atoms with Crippen LogP contribution in [0.2, 0.25) is 5.02 Å². The number of carbonyl (C=O) groups excluding carboxylic acids is 1. The van der Waals surface area contributed by atoms with E-state index in [9.17, 15) is 4.79 Å². The molecule has 134 valence electrons. The molecule has 0 fully saturated rings. The molecule has 2 aromatic carbocycles. The summed E-state index contributed by atoms with van der Waals surface area (Å²) in [7, 11) is 0. The van der Waals surface area contributed by atoms with Gasteiger partial charge in [-0.3, -0.25) is 4.79 Å². The molecular weight excluding hydrogens is 368 g/mol. The summed E-state index contributed by atoms with van der Waals surface area (Å²) >= 11 is 7.46. The monoisotopic (exact) mass is 386 g/mol. The molecule has 3 aromatic rings. The molecule has 0 saturated carbocycles. The molecule has 0 bridgehead atoms. The van der Waals surface area contributed by atoms with Gasteiger partial charge in [0.15, 0.2) is 0 Å². The van der Waals surface area contributed by atoms with Crippen LogP contribution in [0.5, 0.6) is 5.75 Å². The van der Waals surface area contributed by atoms with E-state index >= 15 is 0 Å². The minimum absolute atomic E-state index is 0.149. The van der Waals surface area contributed by atoms with Crippen LogP contribution in [-0.2, 0) is 13.0 Å². The second-order valence-electron chi connectivity index (χ2n) is 5.78. The number of carbonyl (C=O) groups is 1. The van der Waals surface area contributed by atoms with Gasteiger partial charge in [0, 0.05) is 16.9 Å². The highest BCUT2D eigenvalue weighted by Crippen LogP contribution is 2.20. The van der Waals surface area contributed by atoms with Crippen LogP contribution in [0.3, 0.4) is 0 Å². The van der Waals surface area contributed by atoms with Crippen LogP contribution in [0, 0.1) is 6.92 Å². The van der Waals surface area contributed by atoms with Gasteiger partial charge in [-0.25, -0.2) is 4.98 Å². The van der Waals surface area contributed by atoms with Crippen LogP contribution in [0.25, 0.3) is 0 Å². The Kier molecular flexibility index (Phi) is 6.26. The molecular formula is C20H19ClN2O2S. The van der Waals surface area contributed by atoms with Crippen molar-refractivity contribution in [2.75, 3.05) is 6.54 Å². The molecule has 0 atom stereocenters. The van der Waals surface area contributed by atoms with E-state index in [-0.39, 0.29) is 5.91 Å². The number of hydrogen-bond donors (Lipinski definition) is 1. The number of aromatic nitrogens is 1. The predicted molar refractivity (Wildman–Crippen MR) is 105 cm³/mol. The van der Waals surface area contributed by atoms with Crippen molar-refractivity contribution < 1.29 is 9.53 Å². The Bertz CT molecular complexity index is 878. The second kappa shape index (κ2) is 8.83. The van der Waals surface area contributed by atoms with E-state index in [2.05, 4.69) is 10.3 Å². The third-order valence-electron chi connectivity index (χ3n) is 3.79. The molecule has 1 aromatic heterocycles. The van der Waals surface area contributed by atoms with Gasteiger partial charge in [-0.2, -0.15) is 0 Å². The first kappa shape index (κ1) is 18.4. The Hall–Kier alpha value is -2.37. The van der Waals surface area contributed by atoms with E-state index < -0.39 is 0 Å². The normalized spacial score (nSPS) is 10.5. The molecule has 0 spiro atoms. The maximum Gasteiger partial charge on any atom is 0.255 e. The number of para-hydroxylation sites is 1. The summed E-state index contributed by atoms with van der Waals surface area (Å²) in [6.07, 6.45) is 0.740. The first-order chi connectivity index (χ1) is 12.6. The van der Waals surface area contributed by atoms with E-state index in [1.807, 2.05) is 48.7 Å². The lowest BCUT2D eigenvalue weighted by molar-refractivity contribution is 0.0949. The van der Waals surface area contributed by atoms with Gasteiger partial charge in [0.2, 0.25) is 0 Å².